The van der Waals surface area contributed by atoms with Gasteiger partial charge in [0.1, 0.15) is 13.2 Å². The molecule has 0 unspecified atom stereocenters. The highest BCUT2D eigenvalue weighted by molar-refractivity contribution is 5.76. The molecule has 0 aromatic carbocycles. The number of carboxylic acids is 1. The van der Waals surface area contributed by atoms with Crippen LogP contribution in [0.4, 0.5) is 0 Å². The van der Waals surface area contributed by atoms with Crippen molar-refractivity contribution in [2.45, 2.75) is 12.8 Å². The summed E-state index contributed by atoms with van der Waals surface area (Å²) in [6.45, 7) is -0.620. The number of hydrogen-bond donors (Lipinski definition) is 1. The summed E-state index contributed by atoms with van der Waals surface area (Å²) < 4.78 is 4.41. The van der Waals surface area contributed by atoms with Gasteiger partial charge in [0.15, 0.2) is 0 Å². The molecule has 8 heteroatoms. The van der Waals surface area contributed by atoms with Crippen molar-refractivity contribution in [2.75, 3.05) is 13.2 Å². The summed E-state index contributed by atoms with van der Waals surface area (Å²) in [5, 5.41) is 16.8. The van der Waals surface area contributed by atoms with E-state index in [1.807, 2.05) is 0 Å². The van der Waals surface area contributed by atoms with Gasteiger partial charge in [0, 0.05) is 0 Å². The molecule has 0 atom stereocenters. The van der Waals surface area contributed by atoms with Gasteiger partial charge in [-0.25, -0.2) is 0 Å². The summed E-state index contributed by atoms with van der Waals surface area (Å²) in [6, 6.07) is 0. The molecule has 0 spiro atoms. The zero-order chi connectivity index (χ0) is 11.0. The number of hydrogen-bond acceptors (Lipinski definition) is 6. The van der Waals surface area contributed by atoms with Gasteiger partial charge in [-0.05, 0) is 0 Å². The van der Waals surface area contributed by atoms with E-state index in [0.29, 0.717) is 0 Å². The van der Waals surface area contributed by atoms with Crippen LogP contribution in [0, 0.1) is 10.1 Å². The van der Waals surface area contributed by atoms with E-state index in [-0.39, 0.29) is 26.1 Å². The van der Waals surface area contributed by atoms with E-state index in [0.717, 1.165) is 0 Å². The summed E-state index contributed by atoms with van der Waals surface area (Å²) in [6.07, 6.45) is -0.581. The van der Waals surface area contributed by atoms with Gasteiger partial charge in [-0.2, -0.15) is 0 Å². The normalized spacial score (nSPS) is 9.14. The van der Waals surface area contributed by atoms with Crippen molar-refractivity contribution < 1.29 is 29.4 Å². The van der Waals surface area contributed by atoms with Crippen LogP contribution in [0.3, 0.4) is 0 Å². The molecule has 0 heterocycles. The fourth-order valence-electron chi connectivity index (χ4n) is 0.548. The minimum Gasteiger partial charge on any atom is -0.481 e. The van der Waals surface area contributed by atoms with E-state index in [2.05, 4.69) is 9.57 Å². The Bertz CT molecular complexity index is 226. The van der Waals surface area contributed by atoms with Crippen molar-refractivity contribution in [3.63, 3.8) is 0 Å². The van der Waals surface area contributed by atoms with Gasteiger partial charge in [-0.3, -0.25) is 9.59 Å². The average Bonchev–Trinajstić information content (AvgIpc) is 2.08. The number of aliphatic carboxylic acids is 1. The second-order valence-electron chi connectivity index (χ2n) is 2.17. The molecule has 0 aliphatic carbocycles. The molecule has 0 rings (SSSR count). The maximum atomic E-state index is 10.7. The van der Waals surface area contributed by atoms with E-state index in [9.17, 15) is 19.7 Å². The zero-order valence-corrected chi connectivity index (χ0v) is 7.17. The first kappa shape index (κ1) is 12.1. The predicted molar refractivity (Wildman–Crippen MR) is 40.8 cm³/mol. The molecule has 1 N–H and O–H groups in total. The summed E-state index contributed by atoms with van der Waals surface area (Å²) in [4.78, 5) is 34.2. The molecule has 0 amide bonds. The molecule has 0 aliphatic rings. The van der Waals surface area contributed by atoms with E-state index >= 15 is 0 Å². The average molecular weight is 207 g/mol. The molecule has 0 radical (unpaired) electrons. The van der Waals surface area contributed by atoms with Crippen molar-refractivity contribution in [3.05, 3.63) is 10.1 Å². The van der Waals surface area contributed by atoms with Crippen LogP contribution in [-0.4, -0.2) is 35.3 Å². The van der Waals surface area contributed by atoms with Crippen LogP contribution < -0.4 is 0 Å². The number of ether oxygens (including phenoxy) is 1. The lowest BCUT2D eigenvalue weighted by molar-refractivity contribution is -0.757. The molecule has 8 nitrogen and oxygen atoms in total. The minimum absolute atomic E-state index is 0.256. The van der Waals surface area contributed by atoms with Crippen molar-refractivity contribution in [1.29, 1.82) is 0 Å². The van der Waals surface area contributed by atoms with E-state index in [1.54, 1.807) is 0 Å². The Morgan fingerprint density at radius 2 is 1.93 bits per heavy atom. The summed E-state index contributed by atoms with van der Waals surface area (Å²) in [7, 11) is 0. The Balaban J connectivity index is 3.36. The molecule has 14 heavy (non-hydrogen) atoms. The minimum atomic E-state index is -1.11. The van der Waals surface area contributed by atoms with Gasteiger partial charge in [-0.1, -0.05) is 0 Å². The molecular formula is C6H9NO7. The molecule has 80 valence electrons. The number of rotatable bonds is 7. The lowest BCUT2D eigenvalue weighted by Gasteiger charge is -2.01. The predicted octanol–water partition coefficient (Wildman–Crippen LogP) is -0.397. The topological polar surface area (TPSA) is 116 Å². The summed E-state index contributed by atoms with van der Waals surface area (Å²) in [5.41, 5.74) is 0. The van der Waals surface area contributed by atoms with Gasteiger partial charge in [0.2, 0.25) is 0 Å². The monoisotopic (exact) mass is 207 g/mol. The fourth-order valence-corrected chi connectivity index (χ4v) is 0.548. The largest absolute Gasteiger partial charge is 0.481 e. The van der Waals surface area contributed by atoms with Crippen molar-refractivity contribution in [1.82, 2.24) is 0 Å². The van der Waals surface area contributed by atoms with Gasteiger partial charge >= 0.3 is 11.9 Å². The number of carbonyl (C=O) groups excluding carboxylic acids is 1. The highest BCUT2D eigenvalue weighted by Crippen LogP contribution is 1.92. The number of esters is 1. The highest BCUT2D eigenvalue weighted by Gasteiger charge is 2.06. The molecule has 0 aliphatic heterocycles. The summed E-state index contributed by atoms with van der Waals surface area (Å²) >= 11 is 0. The van der Waals surface area contributed by atoms with Crippen LogP contribution in [0.15, 0.2) is 0 Å². The van der Waals surface area contributed by atoms with Crippen LogP contribution in [0.1, 0.15) is 12.8 Å². The third kappa shape index (κ3) is 8.24. The molecule has 0 saturated heterocycles. The third-order valence-electron chi connectivity index (χ3n) is 1.09. The maximum absolute atomic E-state index is 10.7. The van der Waals surface area contributed by atoms with Crippen molar-refractivity contribution >= 4 is 11.9 Å². The maximum Gasteiger partial charge on any atom is 0.306 e. The van der Waals surface area contributed by atoms with E-state index in [4.69, 9.17) is 5.11 Å². The summed E-state index contributed by atoms with van der Waals surface area (Å²) in [5.74, 6) is -1.83. The molecule has 0 bridgehead atoms. The molecule has 0 aromatic rings. The first-order valence-electron chi connectivity index (χ1n) is 3.67. The van der Waals surface area contributed by atoms with Crippen molar-refractivity contribution in [2.24, 2.45) is 0 Å². The Hall–Kier alpha value is -1.86. The van der Waals surface area contributed by atoms with E-state index < -0.39 is 17.0 Å². The van der Waals surface area contributed by atoms with Crippen LogP contribution in [0.25, 0.3) is 0 Å². The Kier molecular flexibility index (Phi) is 5.75. The lowest BCUT2D eigenvalue weighted by atomic mass is 10.3. The van der Waals surface area contributed by atoms with Crippen LogP contribution in [0.2, 0.25) is 0 Å². The Labute approximate surface area is 78.5 Å². The Morgan fingerprint density at radius 3 is 2.43 bits per heavy atom. The SMILES string of the molecule is O=C(O)CCC(=O)OCCO[N+](=O)[O-]. The number of carbonyl (C=O) groups is 2. The van der Waals surface area contributed by atoms with Gasteiger partial charge in [0.25, 0.3) is 5.09 Å². The van der Waals surface area contributed by atoms with Crippen molar-refractivity contribution in [3.8, 4) is 0 Å². The molecular weight excluding hydrogens is 198 g/mol. The van der Waals surface area contributed by atoms with Gasteiger partial charge in [0.05, 0.1) is 12.8 Å². The first-order valence-corrected chi connectivity index (χ1v) is 3.67. The molecule has 0 aromatic heterocycles. The number of nitrogens with zero attached hydrogens (tertiary/aromatic N) is 1. The highest BCUT2D eigenvalue weighted by atomic mass is 17.0. The molecule has 0 saturated carbocycles. The zero-order valence-electron chi connectivity index (χ0n) is 7.17. The lowest BCUT2D eigenvalue weighted by Crippen LogP contribution is -2.13. The Morgan fingerprint density at radius 1 is 1.29 bits per heavy atom. The van der Waals surface area contributed by atoms with E-state index in [1.165, 1.54) is 0 Å². The molecule has 0 fully saturated rings. The number of carboxylic acid groups (broad SMARTS) is 1. The third-order valence-corrected chi connectivity index (χ3v) is 1.09. The van der Waals surface area contributed by atoms with Gasteiger partial charge in [-0.15, -0.1) is 10.1 Å². The first-order chi connectivity index (χ1) is 6.52. The second kappa shape index (κ2) is 6.63. The second-order valence-corrected chi connectivity index (χ2v) is 2.17. The smallest absolute Gasteiger partial charge is 0.306 e. The van der Waals surface area contributed by atoms with Gasteiger partial charge < -0.3 is 14.7 Å². The van der Waals surface area contributed by atoms with Crippen LogP contribution in [0.5, 0.6) is 0 Å². The fraction of sp³-hybridized carbons (Fsp3) is 0.667. The van der Waals surface area contributed by atoms with Crippen LogP contribution in [-0.2, 0) is 19.2 Å². The standard InChI is InChI=1S/C6H9NO7/c8-5(9)1-2-6(10)13-3-4-14-7(11)12/h1-4H2,(H,8,9). The van der Waals surface area contributed by atoms with Crippen LogP contribution >= 0.6 is 0 Å². The quantitative estimate of drug-likeness (QED) is 0.261.